The topological polar surface area (TPSA) is 65.4 Å². The molecule has 0 unspecified atom stereocenters. The Kier molecular flexibility index (Phi) is 2.83. The largest absolute Gasteiger partial charge is 0.303 e. The first-order valence-corrected chi connectivity index (χ1v) is 3.92. The van der Waals surface area contributed by atoms with Crippen LogP contribution in [0.2, 0.25) is 0 Å². The van der Waals surface area contributed by atoms with Gasteiger partial charge in [-0.1, -0.05) is 12.7 Å². The fraction of sp³-hybridized carbons (Fsp3) is 0.100. The summed E-state index contributed by atoms with van der Waals surface area (Å²) in [4.78, 5) is 3.95. The molecule has 0 fully saturated rings. The lowest BCUT2D eigenvalue weighted by molar-refractivity contribution is 0.793. The van der Waals surface area contributed by atoms with Crippen LogP contribution in [0.4, 0.5) is 0 Å². The van der Waals surface area contributed by atoms with E-state index < -0.39 is 0 Å². The van der Waals surface area contributed by atoms with Crippen molar-refractivity contribution in [2.45, 2.75) is 6.54 Å². The molecule has 68 valence electrons. The van der Waals surface area contributed by atoms with Crippen molar-refractivity contribution in [2.75, 3.05) is 0 Å². The van der Waals surface area contributed by atoms with Crippen LogP contribution < -0.4 is 0 Å². The molecule has 1 aromatic heterocycles. The van der Waals surface area contributed by atoms with Crippen LogP contribution in [0, 0.1) is 22.7 Å². The van der Waals surface area contributed by atoms with Gasteiger partial charge in [0, 0.05) is 6.54 Å². The van der Waals surface area contributed by atoms with Crippen molar-refractivity contribution in [3.63, 3.8) is 0 Å². The van der Waals surface area contributed by atoms with Gasteiger partial charge < -0.3 is 4.57 Å². The smallest absolute Gasteiger partial charge is 0.214 e. The highest BCUT2D eigenvalue weighted by Gasteiger charge is 2.12. The predicted molar refractivity (Wildman–Crippen MR) is 51.9 cm³/mol. The van der Waals surface area contributed by atoms with E-state index in [9.17, 15) is 0 Å². The molecule has 0 aliphatic rings. The lowest BCUT2D eigenvalue weighted by Gasteiger charge is -1.98. The third-order valence-electron chi connectivity index (χ3n) is 1.71. The zero-order valence-electron chi connectivity index (χ0n) is 7.56. The molecule has 0 bridgehead atoms. The van der Waals surface area contributed by atoms with Crippen molar-refractivity contribution in [1.82, 2.24) is 9.55 Å². The van der Waals surface area contributed by atoms with Crippen LogP contribution in [0.1, 0.15) is 17.2 Å². The molecular formula is C10H8N4. The first-order valence-electron chi connectivity index (χ1n) is 3.92. The molecule has 0 saturated carbocycles. The normalized spacial score (nSPS) is 8.71. The van der Waals surface area contributed by atoms with E-state index in [-0.39, 0.29) is 5.82 Å². The molecule has 1 heterocycles. The van der Waals surface area contributed by atoms with Gasteiger partial charge in [0.1, 0.15) is 23.5 Å². The summed E-state index contributed by atoms with van der Waals surface area (Å²) in [5.41, 5.74) is 0.780. The molecule has 4 nitrogen and oxygen atoms in total. The minimum atomic E-state index is 0.205. The Morgan fingerprint density at radius 3 is 2.50 bits per heavy atom. The van der Waals surface area contributed by atoms with Gasteiger partial charge in [-0.05, 0) is 6.08 Å². The third-order valence-corrected chi connectivity index (χ3v) is 1.71. The summed E-state index contributed by atoms with van der Waals surface area (Å²) in [6.45, 7) is 7.47. The second-order valence-corrected chi connectivity index (χ2v) is 2.50. The molecule has 0 aromatic carbocycles. The summed E-state index contributed by atoms with van der Waals surface area (Å²) in [6, 6.07) is 3.90. The number of imidazole rings is 1. The molecule has 4 heteroatoms. The van der Waals surface area contributed by atoms with Crippen LogP contribution in [-0.2, 0) is 6.54 Å². The minimum absolute atomic E-state index is 0.205. The Bertz CT molecular complexity index is 454. The fourth-order valence-electron chi connectivity index (χ4n) is 1.12. The molecule has 0 radical (unpaired) electrons. The van der Waals surface area contributed by atoms with Crippen molar-refractivity contribution in [3.05, 3.63) is 36.4 Å². The van der Waals surface area contributed by atoms with Crippen LogP contribution in [0.3, 0.4) is 0 Å². The summed E-state index contributed by atoms with van der Waals surface area (Å²) < 4.78 is 1.50. The van der Waals surface area contributed by atoms with Gasteiger partial charge in [0.2, 0.25) is 5.82 Å². The standard InChI is InChI=1S/C10H8N4/c1-3-5-14-9(6-11)8(4-2)13-10(14)7-12/h3-4H,1-2,5H2. The third kappa shape index (κ3) is 1.41. The van der Waals surface area contributed by atoms with Crippen LogP contribution >= 0.6 is 0 Å². The van der Waals surface area contributed by atoms with Gasteiger partial charge in [0.15, 0.2) is 0 Å². The van der Waals surface area contributed by atoms with Gasteiger partial charge >= 0.3 is 0 Å². The van der Waals surface area contributed by atoms with Gasteiger partial charge in [-0.15, -0.1) is 6.58 Å². The second kappa shape index (κ2) is 4.06. The van der Waals surface area contributed by atoms with Crippen molar-refractivity contribution in [2.24, 2.45) is 0 Å². The molecule has 0 N–H and O–H groups in total. The SMILES string of the molecule is C=CCn1c(C#N)nc(C=C)c1C#N. The number of hydrogen-bond acceptors (Lipinski definition) is 3. The predicted octanol–water partition coefficient (Wildman–Crippen LogP) is 1.46. The second-order valence-electron chi connectivity index (χ2n) is 2.50. The van der Waals surface area contributed by atoms with E-state index in [1.54, 1.807) is 6.08 Å². The monoisotopic (exact) mass is 184 g/mol. The Hall–Kier alpha value is -2.33. The highest BCUT2D eigenvalue weighted by molar-refractivity contribution is 5.52. The maximum atomic E-state index is 8.86. The highest BCUT2D eigenvalue weighted by Crippen LogP contribution is 2.11. The van der Waals surface area contributed by atoms with E-state index in [4.69, 9.17) is 10.5 Å². The molecule has 0 spiro atoms. The van der Waals surface area contributed by atoms with E-state index in [0.717, 1.165) is 0 Å². The Labute approximate surface area is 82.0 Å². The number of hydrogen-bond donors (Lipinski definition) is 0. The molecule has 0 saturated heterocycles. The zero-order chi connectivity index (χ0) is 10.6. The average molecular weight is 184 g/mol. The molecule has 0 aliphatic carbocycles. The molecule has 0 aliphatic heterocycles. The van der Waals surface area contributed by atoms with Crippen molar-refractivity contribution >= 4 is 6.08 Å². The highest BCUT2D eigenvalue weighted by atomic mass is 15.1. The van der Waals surface area contributed by atoms with Gasteiger partial charge in [0.05, 0.1) is 0 Å². The van der Waals surface area contributed by atoms with Crippen LogP contribution in [0.15, 0.2) is 19.2 Å². The fourth-order valence-corrected chi connectivity index (χ4v) is 1.12. The van der Waals surface area contributed by atoms with Crippen molar-refractivity contribution < 1.29 is 0 Å². The van der Waals surface area contributed by atoms with Gasteiger partial charge in [-0.3, -0.25) is 0 Å². The Balaban J connectivity index is 3.43. The lowest BCUT2D eigenvalue weighted by Crippen LogP contribution is -2.01. The minimum Gasteiger partial charge on any atom is -0.303 e. The summed E-state index contributed by atoms with van der Waals surface area (Å²) in [5, 5.41) is 17.6. The molecule has 14 heavy (non-hydrogen) atoms. The molecule has 1 aromatic rings. The number of nitriles is 2. The van der Waals surface area contributed by atoms with Gasteiger partial charge in [-0.25, -0.2) is 4.98 Å². The van der Waals surface area contributed by atoms with E-state index in [1.165, 1.54) is 10.6 Å². The molecular weight excluding hydrogens is 176 g/mol. The molecule has 0 atom stereocenters. The lowest BCUT2D eigenvalue weighted by atomic mass is 10.3. The Morgan fingerprint density at radius 2 is 2.07 bits per heavy atom. The summed E-state index contributed by atoms with van der Waals surface area (Å²) in [7, 11) is 0. The van der Waals surface area contributed by atoms with Crippen LogP contribution in [0.5, 0.6) is 0 Å². The van der Waals surface area contributed by atoms with Gasteiger partial charge in [-0.2, -0.15) is 10.5 Å². The maximum Gasteiger partial charge on any atom is 0.214 e. The van der Waals surface area contributed by atoms with Gasteiger partial charge in [0.25, 0.3) is 0 Å². The summed E-state index contributed by atoms with van der Waals surface area (Å²) >= 11 is 0. The average Bonchev–Trinajstić information content (AvgIpc) is 2.56. The molecule has 1 rings (SSSR count). The number of aromatic nitrogens is 2. The van der Waals surface area contributed by atoms with E-state index in [0.29, 0.717) is 17.9 Å². The number of nitrogens with zero attached hydrogens (tertiary/aromatic N) is 4. The summed E-state index contributed by atoms with van der Waals surface area (Å²) in [5.74, 6) is 0.205. The molecule has 0 amide bonds. The first kappa shape index (κ1) is 9.76. The van der Waals surface area contributed by atoms with Crippen molar-refractivity contribution in [1.29, 1.82) is 10.5 Å². The van der Waals surface area contributed by atoms with E-state index in [1.807, 2.05) is 12.1 Å². The number of allylic oxidation sites excluding steroid dienone is 1. The Morgan fingerprint density at radius 1 is 1.36 bits per heavy atom. The van der Waals surface area contributed by atoms with Crippen molar-refractivity contribution in [3.8, 4) is 12.1 Å². The number of rotatable bonds is 3. The zero-order valence-corrected chi connectivity index (χ0v) is 7.56. The maximum absolute atomic E-state index is 8.86. The van der Waals surface area contributed by atoms with Crippen LogP contribution in [-0.4, -0.2) is 9.55 Å². The van der Waals surface area contributed by atoms with Crippen LogP contribution in [0.25, 0.3) is 6.08 Å². The summed E-state index contributed by atoms with van der Waals surface area (Å²) in [6.07, 6.45) is 3.06. The quantitative estimate of drug-likeness (QED) is 0.668. The first-order chi connectivity index (χ1) is 6.78. The van der Waals surface area contributed by atoms with E-state index in [2.05, 4.69) is 18.1 Å². The van der Waals surface area contributed by atoms with E-state index >= 15 is 0 Å².